The van der Waals surface area contributed by atoms with Crippen molar-refractivity contribution in [3.63, 3.8) is 0 Å². The highest BCUT2D eigenvalue weighted by Gasteiger charge is 2.23. The smallest absolute Gasteiger partial charge is 0.159 e. The van der Waals surface area contributed by atoms with Crippen molar-refractivity contribution in [2.45, 2.75) is 19.3 Å². The second kappa shape index (κ2) is 8.77. The van der Waals surface area contributed by atoms with Crippen molar-refractivity contribution in [1.29, 1.82) is 0 Å². The van der Waals surface area contributed by atoms with Crippen LogP contribution >= 0.6 is 22.6 Å². The number of halogens is 1. The summed E-state index contributed by atoms with van der Waals surface area (Å²) < 4.78 is 1.19. The maximum absolute atomic E-state index is 6.42. The topological polar surface area (TPSA) is 67.1 Å². The lowest BCUT2D eigenvalue weighted by Crippen LogP contribution is -2.35. The molecule has 4 rings (SSSR count). The van der Waals surface area contributed by atoms with Gasteiger partial charge in [0.25, 0.3) is 0 Å². The first kappa shape index (κ1) is 19.0. The Kier molecular flexibility index (Phi) is 5.95. The van der Waals surface area contributed by atoms with Crippen LogP contribution in [0.1, 0.15) is 18.4 Å². The maximum atomic E-state index is 6.42. The molecule has 1 aliphatic heterocycles. The summed E-state index contributed by atoms with van der Waals surface area (Å²) in [6, 6.07) is 18.9. The lowest BCUT2D eigenvalue weighted by atomic mass is 9.90. The number of piperidine rings is 1. The van der Waals surface area contributed by atoms with Gasteiger partial charge in [0.1, 0.15) is 12.0 Å². The van der Waals surface area contributed by atoms with Crippen molar-refractivity contribution in [1.82, 2.24) is 9.97 Å². The normalized spacial score (nSPS) is 14.8. The third-order valence-corrected chi connectivity index (χ3v) is 5.97. The van der Waals surface area contributed by atoms with Crippen molar-refractivity contribution in [3.05, 3.63) is 70.1 Å². The van der Waals surface area contributed by atoms with Crippen LogP contribution in [0.4, 0.5) is 23.0 Å². The first-order chi connectivity index (χ1) is 13.7. The van der Waals surface area contributed by atoms with Crippen LogP contribution in [0.5, 0.6) is 0 Å². The van der Waals surface area contributed by atoms with Gasteiger partial charge in [-0.15, -0.1) is 0 Å². The number of nitrogens with zero attached hydrogens (tertiary/aromatic N) is 3. The Morgan fingerprint density at radius 1 is 1.00 bits per heavy atom. The molecule has 144 valence electrons. The number of hydrogen-bond donors (Lipinski definition) is 2. The summed E-state index contributed by atoms with van der Waals surface area (Å²) in [5.74, 6) is 2.21. The van der Waals surface area contributed by atoms with Gasteiger partial charge in [-0.05, 0) is 77.6 Å². The van der Waals surface area contributed by atoms with E-state index in [2.05, 4.69) is 85.2 Å². The molecule has 0 radical (unpaired) electrons. The van der Waals surface area contributed by atoms with Gasteiger partial charge in [0.05, 0.1) is 0 Å². The average molecular weight is 485 g/mol. The first-order valence-electron chi connectivity index (χ1n) is 9.61. The van der Waals surface area contributed by atoms with Crippen molar-refractivity contribution in [2.75, 3.05) is 29.0 Å². The molecule has 1 fully saturated rings. The van der Waals surface area contributed by atoms with E-state index < -0.39 is 0 Å². The molecule has 6 heteroatoms. The fourth-order valence-electron chi connectivity index (χ4n) is 3.70. The molecule has 3 aromatic rings. The Bertz CT molecular complexity index is 906. The van der Waals surface area contributed by atoms with E-state index in [9.17, 15) is 0 Å². The van der Waals surface area contributed by atoms with Gasteiger partial charge >= 0.3 is 0 Å². The Balaban J connectivity index is 1.41. The fourth-order valence-corrected chi connectivity index (χ4v) is 4.06. The second-order valence-electron chi connectivity index (χ2n) is 7.21. The number of nitrogens with two attached hydrogens (primary N) is 1. The lowest BCUT2D eigenvalue weighted by Gasteiger charge is -2.33. The highest BCUT2D eigenvalue weighted by atomic mass is 127. The summed E-state index contributed by atoms with van der Waals surface area (Å²) in [7, 11) is 0. The average Bonchev–Trinajstić information content (AvgIpc) is 2.73. The molecule has 0 atom stereocenters. The minimum Gasteiger partial charge on any atom is -0.393 e. The third kappa shape index (κ3) is 4.55. The zero-order chi connectivity index (χ0) is 19.3. The summed E-state index contributed by atoms with van der Waals surface area (Å²) >= 11 is 2.29. The van der Waals surface area contributed by atoms with Crippen LogP contribution in [-0.2, 0) is 6.42 Å². The summed E-state index contributed by atoms with van der Waals surface area (Å²) in [5, 5.41) is 3.31. The molecule has 0 saturated carbocycles. The molecule has 1 aromatic heterocycles. The molecule has 2 aromatic carbocycles. The van der Waals surface area contributed by atoms with Crippen LogP contribution in [0.25, 0.3) is 0 Å². The first-order valence-corrected chi connectivity index (χ1v) is 10.7. The zero-order valence-electron chi connectivity index (χ0n) is 15.7. The minimum absolute atomic E-state index is 0.613. The number of anilines is 4. The molecular formula is C22H24IN5. The van der Waals surface area contributed by atoms with E-state index in [0.717, 1.165) is 43.9 Å². The third-order valence-electron chi connectivity index (χ3n) is 5.25. The summed E-state index contributed by atoms with van der Waals surface area (Å²) in [4.78, 5) is 11.1. The van der Waals surface area contributed by atoms with Gasteiger partial charge in [0.2, 0.25) is 0 Å². The maximum Gasteiger partial charge on any atom is 0.159 e. The Morgan fingerprint density at radius 3 is 2.43 bits per heavy atom. The molecule has 3 N–H and O–H groups in total. The molecule has 2 heterocycles. The van der Waals surface area contributed by atoms with E-state index >= 15 is 0 Å². The van der Waals surface area contributed by atoms with Crippen molar-refractivity contribution in [2.24, 2.45) is 5.92 Å². The molecule has 1 aliphatic rings. The van der Waals surface area contributed by atoms with Gasteiger partial charge in [-0.2, -0.15) is 0 Å². The van der Waals surface area contributed by atoms with Gasteiger partial charge in [-0.3, -0.25) is 0 Å². The Labute approximate surface area is 179 Å². The van der Waals surface area contributed by atoms with Crippen LogP contribution in [0.15, 0.2) is 60.9 Å². The van der Waals surface area contributed by atoms with Crippen molar-refractivity contribution < 1.29 is 0 Å². The van der Waals surface area contributed by atoms with Crippen molar-refractivity contribution in [3.8, 4) is 0 Å². The molecule has 0 spiro atoms. The van der Waals surface area contributed by atoms with E-state index in [1.165, 1.54) is 9.13 Å². The lowest BCUT2D eigenvalue weighted by molar-refractivity contribution is 0.402. The van der Waals surface area contributed by atoms with Crippen LogP contribution in [0.3, 0.4) is 0 Å². The van der Waals surface area contributed by atoms with Crippen molar-refractivity contribution >= 4 is 45.6 Å². The van der Waals surface area contributed by atoms with E-state index in [1.807, 2.05) is 12.1 Å². The molecule has 28 heavy (non-hydrogen) atoms. The molecular weight excluding hydrogens is 461 g/mol. The number of rotatable bonds is 5. The molecule has 5 nitrogen and oxygen atoms in total. The highest BCUT2D eigenvalue weighted by molar-refractivity contribution is 14.1. The number of nitrogens with one attached hydrogen (secondary N) is 1. The van der Waals surface area contributed by atoms with Gasteiger partial charge in [-0.25, -0.2) is 9.97 Å². The van der Waals surface area contributed by atoms with Gasteiger partial charge in [0, 0.05) is 22.3 Å². The van der Waals surface area contributed by atoms with E-state index in [-0.39, 0.29) is 0 Å². The fraction of sp³-hybridized carbons (Fsp3) is 0.273. The monoisotopic (exact) mass is 485 g/mol. The van der Waals surface area contributed by atoms with Crippen LogP contribution in [0, 0.1) is 9.49 Å². The number of aromatic nitrogens is 2. The SMILES string of the molecule is Nc1c(Nc2ccc(I)cc2)ncnc1N1CCC(Cc2ccccc2)CC1. The summed E-state index contributed by atoms with van der Waals surface area (Å²) in [6.45, 7) is 1.95. The standard InChI is InChI=1S/C22H24IN5/c23-18-6-8-19(9-7-18)27-21-20(24)22(26-15-25-21)28-12-10-17(11-13-28)14-16-4-2-1-3-5-16/h1-9,15,17H,10-14,24H2,(H,25,26,27). The largest absolute Gasteiger partial charge is 0.393 e. The van der Waals surface area contributed by atoms with Crippen LogP contribution < -0.4 is 16.0 Å². The minimum atomic E-state index is 0.613. The predicted molar refractivity (Wildman–Crippen MR) is 124 cm³/mol. The van der Waals surface area contributed by atoms with Crippen LogP contribution in [0.2, 0.25) is 0 Å². The predicted octanol–water partition coefficient (Wildman–Crippen LogP) is 4.87. The summed E-state index contributed by atoms with van der Waals surface area (Å²) in [5.41, 5.74) is 9.43. The van der Waals surface area contributed by atoms with Crippen LogP contribution in [-0.4, -0.2) is 23.1 Å². The van der Waals surface area contributed by atoms with E-state index in [4.69, 9.17) is 5.73 Å². The van der Waals surface area contributed by atoms with E-state index in [1.54, 1.807) is 6.33 Å². The second-order valence-corrected chi connectivity index (χ2v) is 8.46. The number of hydrogen-bond acceptors (Lipinski definition) is 5. The quantitative estimate of drug-likeness (QED) is 0.505. The molecule has 0 bridgehead atoms. The number of nitrogen functional groups attached to an aromatic ring is 1. The van der Waals surface area contributed by atoms with Gasteiger partial charge in [-0.1, -0.05) is 30.3 Å². The molecule has 1 saturated heterocycles. The Hall–Kier alpha value is -2.35. The Morgan fingerprint density at radius 2 is 1.71 bits per heavy atom. The van der Waals surface area contributed by atoms with Gasteiger partial charge < -0.3 is 16.0 Å². The highest BCUT2D eigenvalue weighted by Crippen LogP contribution is 2.32. The van der Waals surface area contributed by atoms with E-state index in [0.29, 0.717) is 17.4 Å². The molecule has 0 amide bonds. The number of benzene rings is 2. The van der Waals surface area contributed by atoms with Gasteiger partial charge in [0.15, 0.2) is 11.6 Å². The zero-order valence-corrected chi connectivity index (χ0v) is 17.8. The molecule has 0 aliphatic carbocycles. The summed E-state index contributed by atoms with van der Waals surface area (Å²) in [6.07, 6.45) is 5.04. The molecule has 0 unspecified atom stereocenters.